The van der Waals surface area contributed by atoms with Crippen LogP contribution in [0.15, 0.2) is 34.1 Å². The topological polar surface area (TPSA) is 54.4 Å². The number of hydrogen-bond acceptors (Lipinski definition) is 4. The summed E-state index contributed by atoms with van der Waals surface area (Å²) in [4.78, 5) is 23.4. The van der Waals surface area contributed by atoms with E-state index >= 15 is 0 Å². The zero-order valence-electron chi connectivity index (χ0n) is 9.77. The second-order valence-corrected chi connectivity index (χ2v) is 5.54. The lowest BCUT2D eigenvalue weighted by atomic mass is 10.1. The van der Waals surface area contributed by atoms with E-state index in [1.807, 2.05) is 0 Å². The number of carbonyl (C=O) groups is 2. The predicted molar refractivity (Wildman–Crippen MR) is 77.5 cm³/mol. The lowest BCUT2D eigenvalue weighted by Gasteiger charge is -2.07. The van der Waals surface area contributed by atoms with Gasteiger partial charge in [-0.25, -0.2) is 4.79 Å². The highest BCUT2D eigenvalue weighted by Gasteiger charge is 2.23. The minimum Gasteiger partial charge on any atom is -0.477 e. The Morgan fingerprint density at radius 3 is 2.28 bits per heavy atom. The Kier molecular flexibility index (Phi) is 5.78. The first-order valence-corrected chi connectivity index (χ1v) is 7.69. The Morgan fingerprint density at radius 1 is 1.22 bits per heavy atom. The summed E-state index contributed by atoms with van der Waals surface area (Å²) in [6.07, 6.45) is 3.47. The maximum absolute atomic E-state index is 12.2. The van der Waals surface area contributed by atoms with Gasteiger partial charge in [-0.3, -0.25) is 4.79 Å². The van der Waals surface area contributed by atoms with Crippen molar-refractivity contribution in [1.82, 2.24) is 0 Å². The number of halogens is 1. The van der Waals surface area contributed by atoms with Crippen LogP contribution in [0.1, 0.15) is 10.4 Å². The summed E-state index contributed by atoms with van der Waals surface area (Å²) in [7, 11) is 0. The first kappa shape index (κ1) is 15.1. The quantitative estimate of drug-likeness (QED) is 0.390. The van der Waals surface area contributed by atoms with Gasteiger partial charge in [0.05, 0.1) is 4.24 Å². The van der Waals surface area contributed by atoms with Crippen LogP contribution >= 0.6 is 35.1 Å². The normalized spacial score (nSPS) is 9.94. The van der Waals surface area contributed by atoms with E-state index in [1.54, 1.807) is 30.7 Å². The summed E-state index contributed by atoms with van der Waals surface area (Å²) in [5, 5.41) is 9.57. The van der Waals surface area contributed by atoms with Crippen molar-refractivity contribution in [3.05, 3.63) is 44.7 Å². The molecule has 0 aliphatic carbocycles. The molecule has 0 unspecified atom stereocenters. The number of thioether (sulfide) groups is 2. The van der Waals surface area contributed by atoms with Crippen molar-refractivity contribution >= 4 is 46.9 Å². The van der Waals surface area contributed by atoms with Crippen molar-refractivity contribution in [3.8, 4) is 0 Å². The van der Waals surface area contributed by atoms with E-state index in [1.165, 1.54) is 29.6 Å². The van der Waals surface area contributed by atoms with Crippen molar-refractivity contribution in [2.45, 2.75) is 0 Å². The van der Waals surface area contributed by atoms with Gasteiger partial charge >= 0.3 is 5.97 Å². The van der Waals surface area contributed by atoms with Crippen LogP contribution < -0.4 is 0 Å². The number of hydrogen-bond donors (Lipinski definition) is 1. The van der Waals surface area contributed by atoms with Gasteiger partial charge in [0.2, 0.25) is 5.78 Å². The molecule has 1 N–H and O–H groups in total. The fraction of sp³-hybridized carbons (Fsp3) is 0.167. The number of Topliss-reactive ketones (excluding diaryl/α,β-unsaturated/α-hetero) is 1. The molecule has 0 saturated heterocycles. The van der Waals surface area contributed by atoms with E-state index in [9.17, 15) is 9.59 Å². The third kappa shape index (κ3) is 3.54. The highest BCUT2D eigenvalue weighted by Crippen LogP contribution is 2.29. The van der Waals surface area contributed by atoms with Gasteiger partial charge in [-0.05, 0) is 24.6 Å². The third-order valence-corrected chi connectivity index (χ3v) is 4.49. The van der Waals surface area contributed by atoms with Crippen LogP contribution in [0.3, 0.4) is 0 Å². The lowest BCUT2D eigenvalue weighted by molar-refractivity contribution is -0.132. The fourth-order valence-corrected chi connectivity index (χ4v) is 2.96. The van der Waals surface area contributed by atoms with E-state index in [4.69, 9.17) is 16.7 Å². The molecule has 18 heavy (non-hydrogen) atoms. The van der Waals surface area contributed by atoms with Gasteiger partial charge in [0, 0.05) is 10.6 Å². The highest BCUT2D eigenvalue weighted by atomic mass is 35.5. The van der Waals surface area contributed by atoms with E-state index in [0.29, 0.717) is 9.26 Å². The van der Waals surface area contributed by atoms with Crippen LogP contribution in [-0.2, 0) is 4.79 Å². The van der Waals surface area contributed by atoms with Gasteiger partial charge in [0.15, 0.2) is 0 Å². The first-order valence-electron chi connectivity index (χ1n) is 4.87. The van der Waals surface area contributed by atoms with Crippen LogP contribution in [0.5, 0.6) is 0 Å². The Morgan fingerprint density at radius 2 is 1.83 bits per heavy atom. The molecule has 0 aliphatic rings. The number of benzene rings is 1. The monoisotopic (exact) mass is 302 g/mol. The zero-order chi connectivity index (χ0) is 13.7. The van der Waals surface area contributed by atoms with Crippen LogP contribution in [0, 0.1) is 0 Å². The number of ketones is 1. The molecule has 1 aromatic rings. The summed E-state index contributed by atoms with van der Waals surface area (Å²) in [6, 6.07) is 6.26. The van der Waals surface area contributed by atoms with Gasteiger partial charge in [-0.2, -0.15) is 0 Å². The number of carbonyl (C=O) groups excluding carboxylic acids is 1. The smallest absolute Gasteiger partial charge is 0.341 e. The van der Waals surface area contributed by atoms with Crippen molar-refractivity contribution in [2.24, 2.45) is 0 Å². The molecule has 0 radical (unpaired) electrons. The minimum absolute atomic E-state index is 0.211. The van der Waals surface area contributed by atoms with Gasteiger partial charge in [0.1, 0.15) is 5.57 Å². The first-order chi connectivity index (χ1) is 8.51. The van der Waals surface area contributed by atoms with Gasteiger partial charge in [-0.15, -0.1) is 23.5 Å². The van der Waals surface area contributed by atoms with Crippen LogP contribution in [-0.4, -0.2) is 29.4 Å². The van der Waals surface area contributed by atoms with Gasteiger partial charge < -0.3 is 5.11 Å². The second kappa shape index (κ2) is 6.87. The molecule has 6 heteroatoms. The predicted octanol–water partition coefficient (Wildman–Crippen LogP) is 3.54. The summed E-state index contributed by atoms with van der Waals surface area (Å²) in [5.74, 6) is -1.75. The van der Waals surface area contributed by atoms with Gasteiger partial charge in [0.25, 0.3) is 0 Å². The molecule has 0 atom stereocenters. The Bertz CT molecular complexity index is 506. The average molecular weight is 303 g/mol. The van der Waals surface area contributed by atoms with Crippen molar-refractivity contribution in [1.29, 1.82) is 0 Å². The summed E-state index contributed by atoms with van der Waals surface area (Å²) in [5.41, 5.74) is 0.0674. The SMILES string of the molecule is CSC(SC)=C(C(=O)O)C(=O)c1cccc(Cl)c1. The van der Waals surface area contributed by atoms with Crippen molar-refractivity contribution in [3.63, 3.8) is 0 Å². The molecule has 0 fully saturated rings. The van der Waals surface area contributed by atoms with E-state index < -0.39 is 11.8 Å². The molecule has 3 nitrogen and oxygen atoms in total. The standard InChI is InChI=1S/C12H11ClO3S2/c1-17-12(18-2)9(11(15)16)10(14)7-4-3-5-8(13)6-7/h3-6H,1-2H3,(H,15,16). The third-order valence-electron chi connectivity index (χ3n) is 2.10. The zero-order valence-corrected chi connectivity index (χ0v) is 12.2. The second-order valence-electron chi connectivity index (χ2n) is 3.22. The minimum atomic E-state index is -1.22. The maximum Gasteiger partial charge on any atom is 0.341 e. The molecule has 0 spiro atoms. The maximum atomic E-state index is 12.2. The molecular formula is C12H11ClO3S2. The van der Waals surface area contributed by atoms with E-state index in [0.717, 1.165) is 0 Å². The number of rotatable bonds is 5. The summed E-state index contributed by atoms with van der Waals surface area (Å²) < 4.78 is 0.479. The van der Waals surface area contributed by atoms with E-state index in [2.05, 4.69) is 0 Å². The van der Waals surface area contributed by atoms with E-state index in [-0.39, 0.29) is 11.1 Å². The average Bonchev–Trinajstić information content (AvgIpc) is 2.34. The van der Waals surface area contributed by atoms with Crippen molar-refractivity contribution < 1.29 is 14.7 Å². The van der Waals surface area contributed by atoms with Crippen LogP contribution in [0.25, 0.3) is 0 Å². The Labute approximate surface area is 119 Å². The number of carboxylic acids is 1. The summed E-state index contributed by atoms with van der Waals surface area (Å²) in [6.45, 7) is 0. The molecule has 0 aromatic heterocycles. The molecule has 1 rings (SSSR count). The number of aliphatic carboxylic acids is 1. The summed E-state index contributed by atoms with van der Waals surface area (Å²) >= 11 is 8.28. The fourth-order valence-electron chi connectivity index (χ4n) is 1.34. The van der Waals surface area contributed by atoms with Crippen molar-refractivity contribution in [2.75, 3.05) is 12.5 Å². The molecule has 0 aliphatic heterocycles. The largest absolute Gasteiger partial charge is 0.477 e. The molecule has 0 saturated carbocycles. The Hall–Kier alpha value is -0.910. The van der Waals surface area contributed by atoms with Crippen LogP contribution in [0.2, 0.25) is 5.02 Å². The number of carboxylic acid groups (broad SMARTS) is 1. The Balaban J connectivity index is 3.28. The lowest BCUT2D eigenvalue weighted by Crippen LogP contribution is -2.14. The molecule has 0 amide bonds. The molecule has 0 bridgehead atoms. The van der Waals surface area contributed by atoms with Gasteiger partial charge in [-0.1, -0.05) is 23.7 Å². The molecule has 1 aromatic carbocycles. The highest BCUT2D eigenvalue weighted by molar-refractivity contribution is 8.21. The molecule has 0 heterocycles. The van der Waals surface area contributed by atoms with Crippen LogP contribution in [0.4, 0.5) is 0 Å². The molecular weight excluding hydrogens is 292 g/mol. The molecule has 96 valence electrons.